The predicted molar refractivity (Wildman–Crippen MR) is 79.9 cm³/mol. The van der Waals surface area contributed by atoms with Crippen molar-refractivity contribution in [2.45, 2.75) is 0 Å². The molecule has 0 fully saturated rings. The lowest BCUT2D eigenvalue weighted by molar-refractivity contribution is -0.384. The zero-order valence-electron chi connectivity index (χ0n) is 10.7. The number of benzene rings is 2. The highest BCUT2D eigenvalue weighted by atomic mass is 32.1. The maximum Gasteiger partial charge on any atom is 0.353 e. The molecule has 0 saturated carbocycles. The van der Waals surface area contributed by atoms with Gasteiger partial charge in [-0.05, 0) is 24.3 Å². The summed E-state index contributed by atoms with van der Waals surface area (Å²) in [6, 6.07) is 14.9. The van der Waals surface area contributed by atoms with Gasteiger partial charge in [-0.15, -0.1) is 11.3 Å². The van der Waals surface area contributed by atoms with E-state index in [0.29, 0.717) is 16.0 Å². The number of ether oxygens (including phenoxy) is 1. The number of carbonyl (C=O) groups is 1. The van der Waals surface area contributed by atoms with Crippen molar-refractivity contribution in [2.24, 2.45) is 0 Å². The van der Waals surface area contributed by atoms with Crippen molar-refractivity contribution in [2.75, 3.05) is 0 Å². The van der Waals surface area contributed by atoms with Crippen LogP contribution in [-0.2, 0) is 0 Å². The fraction of sp³-hybridized carbons (Fsp3) is 0. The second-order valence-electron chi connectivity index (χ2n) is 4.29. The summed E-state index contributed by atoms with van der Waals surface area (Å²) in [5, 5.41) is 11.4. The summed E-state index contributed by atoms with van der Waals surface area (Å²) in [6.45, 7) is 0. The molecule has 0 amide bonds. The highest BCUT2D eigenvalue weighted by Crippen LogP contribution is 2.29. The van der Waals surface area contributed by atoms with Crippen molar-refractivity contribution in [1.29, 1.82) is 0 Å². The molecule has 3 rings (SSSR count). The van der Waals surface area contributed by atoms with Gasteiger partial charge in [0, 0.05) is 22.2 Å². The number of rotatable bonds is 3. The van der Waals surface area contributed by atoms with E-state index in [0.717, 1.165) is 4.70 Å². The van der Waals surface area contributed by atoms with Crippen LogP contribution in [0.4, 0.5) is 5.69 Å². The summed E-state index contributed by atoms with van der Waals surface area (Å²) in [5.41, 5.74) is 0.00303. The number of non-ortho nitro benzene ring substituents is 1. The molecule has 0 spiro atoms. The third kappa shape index (κ3) is 2.75. The van der Waals surface area contributed by atoms with E-state index in [4.69, 9.17) is 4.74 Å². The lowest BCUT2D eigenvalue weighted by Gasteiger charge is -2.00. The number of hydrogen-bond acceptors (Lipinski definition) is 5. The summed E-state index contributed by atoms with van der Waals surface area (Å²) in [5.74, 6) is -0.00371. The van der Waals surface area contributed by atoms with Crippen molar-refractivity contribution < 1.29 is 14.5 Å². The lowest BCUT2D eigenvalue weighted by atomic mass is 10.2. The second kappa shape index (κ2) is 5.34. The topological polar surface area (TPSA) is 69.4 Å². The van der Waals surface area contributed by atoms with Crippen LogP contribution in [-0.4, -0.2) is 10.9 Å². The summed E-state index contributed by atoms with van der Waals surface area (Å²) in [7, 11) is 0. The summed E-state index contributed by atoms with van der Waals surface area (Å²) < 4.78 is 6.05. The van der Waals surface area contributed by atoms with Crippen molar-refractivity contribution in [1.82, 2.24) is 0 Å². The molecule has 0 saturated heterocycles. The summed E-state index contributed by atoms with van der Waals surface area (Å²) in [4.78, 5) is 22.8. The van der Waals surface area contributed by atoms with E-state index in [-0.39, 0.29) is 5.69 Å². The van der Waals surface area contributed by atoms with Crippen LogP contribution >= 0.6 is 11.3 Å². The van der Waals surface area contributed by atoms with Crippen LogP contribution in [0.1, 0.15) is 9.67 Å². The van der Waals surface area contributed by atoms with Gasteiger partial charge in [-0.1, -0.05) is 18.2 Å². The third-order valence-electron chi connectivity index (χ3n) is 2.87. The SMILES string of the molecule is O=C(Oc1ccccc1)c1cc2cc([N+](=O)[O-])ccc2s1. The zero-order chi connectivity index (χ0) is 14.8. The monoisotopic (exact) mass is 299 g/mol. The first-order valence-electron chi connectivity index (χ1n) is 6.09. The number of para-hydroxylation sites is 1. The molecule has 0 unspecified atom stereocenters. The van der Waals surface area contributed by atoms with Gasteiger partial charge in [-0.25, -0.2) is 4.79 Å². The molecule has 3 aromatic rings. The van der Waals surface area contributed by atoms with E-state index >= 15 is 0 Å². The first-order chi connectivity index (χ1) is 10.1. The summed E-state index contributed by atoms with van der Waals surface area (Å²) in [6.07, 6.45) is 0. The van der Waals surface area contributed by atoms with Crippen LogP contribution in [0.15, 0.2) is 54.6 Å². The number of nitro benzene ring substituents is 1. The molecule has 0 bridgehead atoms. The fourth-order valence-corrected chi connectivity index (χ4v) is 2.81. The van der Waals surface area contributed by atoms with Crippen LogP contribution in [0, 0.1) is 10.1 Å². The molecule has 1 aromatic heterocycles. The first kappa shape index (κ1) is 13.3. The van der Waals surface area contributed by atoms with Gasteiger partial charge in [0.2, 0.25) is 0 Å². The average molecular weight is 299 g/mol. The predicted octanol–water partition coefficient (Wildman–Crippen LogP) is 4.03. The molecule has 0 N–H and O–H groups in total. The fourth-order valence-electron chi connectivity index (χ4n) is 1.89. The largest absolute Gasteiger partial charge is 0.422 e. The molecule has 0 radical (unpaired) electrons. The number of nitro groups is 1. The van der Waals surface area contributed by atoms with Crippen LogP contribution < -0.4 is 4.74 Å². The minimum Gasteiger partial charge on any atom is -0.422 e. The molecule has 0 aliphatic rings. The van der Waals surface area contributed by atoms with Gasteiger partial charge < -0.3 is 4.74 Å². The normalized spacial score (nSPS) is 10.5. The Morgan fingerprint density at radius 3 is 2.57 bits per heavy atom. The third-order valence-corrected chi connectivity index (χ3v) is 3.96. The molecule has 2 aromatic carbocycles. The van der Waals surface area contributed by atoms with E-state index < -0.39 is 10.9 Å². The number of nitrogens with zero attached hydrogens (tertiary/aromatic N) is 1. The van der Waals surface area contributed by atoms with E-state index in [1.165, 1.54) is 23.5 Å². The van der Waals surface area contributed by atoms with Crippen LogP contribution in [0.5, 0.6) is 5.75 Å². The molecule has 5 nitrogen and oxygen atoms in total. The van der Waals surface area contributed by atoms with Gasteiger partial charge in [0.15, 0.2) is 0 Å². The van der Waals surface area contributed by atoms with Gasteiger partial charge in [-0.2, -0.15) is 0 Å². The molecule has 0 aliphatic heterocycles. The molecular weight excluding hydrogens is 290 g/mol. The Morgan fingerprint density at radius 2 is 1.86 bits per heavy atom. The smallest absolute Gasteiger partial charge is 0.353 e. The van der Waals surface area contributed by atoms with E-state index in [2.05, 4.69) is 0 Å². The minimum absolute atomic E-state index is 0.00303. The van der Waals surface area contributed by atoms with Gasteiger partial charge >= 0.3 is 5.97 Å². The lowest BCUT2D eigenvalue weighted by Crippen LogP contribution is -2.05. The van der Waals surface area contributed by atoms with E-state index in [1.54, 1.807) is 36.4 Å². The summed E-state index contributed by atoms with van der Waals surface area (Å²) >= 11 is 1.25. The van der Waals surface area contributed by atoms with Gasteiger partial charge in [0.1, 0.15) is 10.6 Å². The Labute approximate surface area is 123 Å². The van der Waals surface area contributed by atoms with Gasteiger partial charge in [-0.3, -0.25) is 10.1 Å². The number of esters is 1. The quantitative estimate of drug-likeness (QED) is 0.317. The van der Waals surface area contributed by atoms with Crippen molar-refractivity contribution in [3.63, 3.8) is 0 Å². The molecular formula is C15H9NO4S. The van der Waals surface area contributed by atoms with Crippen LogP contribution in [0.2, 0.25) is 0 Å². The molecule has 104 valence electrons. The zero-order valence-corrected chi connectivity index (χ0v) is 11.5. The van der Waals surface area contributed by atoms with Gasteiger partial charge in [0.25, 0.3) is 5.69 Å². The maximum atomic E-state index is 12.1. The number of carbonyl (C=O) groups excluding carboxylic acids is 1. The Bertz CT molecular complexity index is 826. The molecule has 0 atom stereocenters. The van der Waals surface area contributed by atoms with Crippen LogP contribution in [0.25, 0.3) is 10.1 Å². The van der Waals surface area contributed by atoms with Gasteiger partial charge in [0.05, 0.1) is 4.92 Å². The van der Waals surface area contributed by atoms with E-state index in [1.807, 2.05) is 6.07 Å². The number of hydrogen-bond donors (Lipinski definition) is 0. The van der Waals surface area contributed by atoms with Crippen molar-refractivity contribution in [3.8, 4) is 5.75 Å². The highest BCUT2D eigenvalue weighted by molar-refractivity contribution is 7.20. The Balaban J connectivity index is 1.90. The van der Waals surface area contributed by atoms with Crippen LogP contribution in [0.3, 0.4) is 0 Å². The standard InChI is InChI=1S/C15H9NO4S/c17-15(20-12-4-2-1-3-5-12)14-9-10-8-11(16(18)19)6-7-13(10)21-14/h1-9H. The second-order valence-corrected chi connectivity index (χ2v) is 5.38. The van der Waals surface area contributed by atoms with Crippen molar-refractivity contribution in [3.05, 3.63) is 69.6 Å². The average Bonchev–Trinajstić information content (AvgIpc) is 2.91. The molecule has 6 heteroatoms. The van der Waals surface area contributed by atoms with E-state index in [9.17, 15) is 14.9 Å². The highest BCUT2D eigenvalue weighted by Gasteiger charge is 2.14. The maximum absolute atomic E-state index is 12.1. The molecule has 0 aliphatic carbocycles. The number of fused-ring (bicyclic) bond motifs is 1. The Kier molecular flexibility index (Phi) is 3.37. The Morgan fingerprint density at radius 1 is 1.10 bits per heavy atom. The Hall–Kier alpha value is -2.73. The first-order valence-corrected chi connectivity index (χ1v) is 6.90. The number of thiophene rings is 1. The molecule has 21 heavy (non-hydrogen) atoms. The minimum atomic E-state index is -0.468. The molecule has 1 heterocycles. The van der Waals surface area contributed by atoms with Crippen molar-refractivity contribution >= 4 is 33.1 Å².